The summed E-state index contributed by atoms with van der Waals surface area (Å²) in [5.41, 5.74) is -1.74. The number of rotatable bonds is 1. The van der Waals surface area contributed by atoms with Crippen LogP contribution in [0.15, 0.2) is 0 Å². The third-order valence-corrected chi connectivity index (χ3v) is 2.69. The number of hydrogen-bond donors (Lipinski definition) is 1. The summed E-state index contributed by atoms with van der Waals surface area (Å²) >= 11 is 0. The maximum Gasteiger partial charge on any atom is 0.410 e. The van der Waals surface area contributed by atoms with Crippen molar-refractivity contribution < 1.29 is 19.0 Å². The smallest absolute Gasteiger partial charge is 0.410 e. The lowest BCUT2D eigenvalue weighted by atomic mass is 9.96. The zero-order valence-corrected chi connectivity index (χ0v) is 11.2. The summed E-state index contributed by atoms with van der Waals surface area (Å²) < 4.78 is 18.6. The quantitative estimate of drug-likeness (QED) is 0.772. The Balaban J connectivity index is 2.78. The maximum absolute atomic E-state index is 13.4. The van der Waals surface area contributed by atoms with Crippen LogP contribution in [0.3, 0.4) is 0 Å². The van der Waals surface area contributed by atoms with Crippen LogP contribution in [0, 0.1) is 0 Å². The number of aliphatic hydroxyl groups is 1. The third kappa shape index (κ3) is 3.84. The minimum atomic E-state index is -1.13. The van der Waals surface area contributed by atoms with Gasteiger partial charge in [-0.3, -0.25) is 4.90 Å². The van der Waals surface area contributed by atoms with Crippen molar-refractivity contribution in [3.05, 3.63) is 0 Å². The van der Waals surface area contributed by atoms with Crippen LogP contribution in [0.25, 0.3) is 0 Å². The molecule has 0 spiro atoms. The first kappa shape index (κ1) is 14.2. The predicted octanol–water partition coefficient (Wildman–Crippen LogP) is 2.10. The molecule has 1 N–H and O–H groups in total. The van der Waals surface area contributed by atoms with Crippen LogP contribution in [0.4, 0.5) is 9.18 Å². The van der Waals surface area contributed by atoms with Crippen LogP contribution in [0.5, 0.6) is 0 Å². The molecule has 0 unspecified atom stereocenters. The van der Waals surface area contributed by atoms with E-state index in [0.717, 1.165) is 0 Å². The Morgan fingerprint density at radius 2 is 1.88 bits per heavy atom. The van der Waals surface area contributed by atoms with E-state index in [9.17, 15) is 14.3 Å². The van der Waals surface area contributed by atoms with Gasteiger partial charge in [-0.2, -0.15) is 0 Å². The second kappa shape index (κ2) is 4.44. The van der Waals surface area contributed by atoms with Gasteiger partial charge in [0.25, 0.3) is 0 Å². The molecule has 1 aliphatic heterocycles. The highest BCUT2D eigenvalue weighted by Crippen LogP contribution is 2.29. The fourth-order valence-corrected chi connectivity index (χ4v) is 1.98. The highest BCUT2D eigenvalue weighted by Gasteiger charge is 2.44. The molecule has 0 aromatic carbocycles. The molecular formula is C12H22FNO3. The average molecular weight is 247 g/mol. The number of ether oxygens (including phenoxy) is 1. The number of amides is 1. The number of alkyl halides is 1. The van der Waals surface area contributed by atoms with Crippen molar-refractivity contribution in [3.8, 4) is 0 Å². The van der Waals surface area contributed by atoms with Crippen LogP contribution in [-0.4, -0.2) is 46.1 Å². The van der Waals surface area contributed by atoms with E-state index < -0.39 is 29.5 Å². The van der Waals surface area contributed by atoms with Crippen molar-refractivity contribution in [1.29, 1.82) is 0 Å². The standard InChI is InChI=1S/C12H22FNO3/c1-11(2,3)17-10(15)14-7-8(13)6-9(14)12(4,5)16/h8-9,16H,6-7H2,1-5H3/t8-,9-/m0/s1. The second-order valence-electron chi connectivity index (χ2n) is 6.14. The Hall–Kier alpha value is -0.840. The molecule has 1 heterocycles. The lowest BCUT2D eigenvalue weighted by Gasteiger charge is -2.34. The van der Waals surface area contributed by atoms with E-state index in [4.69, 9.17) is 4.74 Å². The number of halogens is 1. The van der Waals surface area contributed by atoms with Gasteiger partial charge in [0.15, 0.2) is 0 Å². The van der Waals surface area contributed by atoms with Gasteiger partial charge in [-0.05, 0) is 34.6 Å². The van der Waals surface area contributed by atoms with Gasteiger partial charge in [0, 0.05) is 6.42 Å². The van der Waals surface area contributed by atoms with E-state index in [0.29, 0.717) is 0 Å². The first-order valence-corrected chi connectivity index (χ1v) is 5.87. The van der Waals surface area contributed by atoms with Crippen molar-refractivity contribution in [3.63, 3.8) is 0 Å². The molecule has 0 saturated carbocycles. The molecule has 1 fully saturated rings. The number of likely N-dealkylation sites (tertiary alicyclic amines) is 1. The van der Waals surface area contributed by atoms with Gasteiger partial charge in [0.2, 0.25) is 0 Å². The van der Waals surface area contributed by atoms with Gasteiger partial charge in [-0.1, -0.05) is 0 Å². The largest absolute Gasteiger partial charge is 0.444 e. The van der Waals surface area contributed by atoms with Crippen molar-refractivity contribution in [2.75, 3.05) is 6.54 Å². The molecule has 4 nitrogen and oxygen atoms in total. The Morgan fingerprint density at radius 1 is 1.35 bits per heavy atom. The number of carbonyl (C=O) groups is 1. The van der Waals surface area contributed by atoms with E-state index in [1.165, 1.54) is 4.90 Å². The molecule has 0 radical (unpaired) electrons. The Bertz CT molecular complexity index is 293. The van der Waals surface area contributed by atoms with Crippen LogP contribution in [0.1, 0.15) is 41.0 Å². The van der Waals surface area contributed by atoms with Crippen LogP contribution < -0.4 is 0 Å². The van der Waals surface area contributed by atoms with Crippen molar-refractivity contribution in [1.82, 2.24) is 4.90 Å². The van der Waals surface area contributed by atoms with Gasteiger partial charge < -0.3 is 9.84 Å². The summed E-state index contributed by atoms with van der Waals surface area (Å²) in [4.78, 5) is 13.2. The molecule has 1 aliphatic rings. The van der Waals surface area contributed by atoms with Gasteiger partial charge in [-0.15, -0.1) is 0 Å². The third-order valence-electron chi connectivity index (χ3n) is 2.69. The highest BCUT2D eigenvalue weighted by atomic mass is 19.1. The predicted molar refractivity (Wildman–Crippen MR) is 62.5 cm³/mol. The SMILES string of the molecule is CC(C)(C)OC(=O)N1C[C@@H](F)C[C@H]1C(C)(C)O. The monoisotopic (exact) mass is 247 g/mol. The van der Waals surface area contributed by atoms with Gasteiger partial charge in [0.05, 0.1) is 18.2 Å². The molecule has 1 amide bonds. The maximum atomic E-state index is 13.4. The number of carbonyl (C=O) groups excluding carboxylic acids is 1. The van der Waals surface area contributed by atoms with Crippen LogP contribution >= 0.6 is 0 Å². The molecular weight excluding hydrogens is 225 g/mol. The van der Waals surface area contributed by atoms with E-state index in [1.807, 2.05) is 0 Å². The zero-order chi connectivity index (χ0) is 13.4. The molecule has 0 aromatic heterocycles. The number of nitrogens with zero attached hydrogens (tertiary/aromatic N) is 1. The fourth-order valence-electron chi connectivity index (χ4n) is 1.98. The molecule has 1 saturated heterocycles. The fraction of sp³-hybridized carbons (Fsp3) is 0.917. The Labute approximate surface area is 102 Å². The summed E-state index contributed by atoms with van der Waals surface area (Å²) in [5, 5.41) is 9.94. The molecule has 0 bridgehead atoms. The second-order valence-corrected chi connectivity index (χ2v) is 6.14. The number of hydrogen-bond acceptors (Lipinski definition) is 3. The zero-order valence-electron chi connectivity index (χ0n) is 11.2. The minimum absolute atomic E-state index is 0.0103. The normalized spacial score (nSPS) is 26.2. The van der Waals surface area contributed by atoms with Crippen LogP contribution in [-0.2, 0) is 4.74 Å². The molecule has 1 rings (SSSR count). The van der Waals surface area contributed by atoms with E-state index >= 15 is 0 Å². The average Bonchev–Trinajstić information content (AvgIpc) is 2.43. The van der Waals surface area contributed by atoms with Crippen molar-refractivity contribution >= 4 is 6.09 Å². The summed E-state index contributed by atoms with van der Waals surface area (Å²) in [6.45, 7) is 8.41. The van der Waals surface area contributed by atoms with Gasteiger partial charge in [0.1, 0.15) is 11.8 Å². The van der Waals surface area contributed by atoms with E-state index in [1.54, 1.807) is 34.6 Å². The van der Waals surface area contributed by atoms with Gasteiger partial charge in [-0.25, -0.2) is 9.18 Å². The van der Waals surface area contributed by atoms with Crippen molar-refractivity contribution in [2.45, 2.75) is 64.5 Å². The summed E-state index contributed by atoms with van der Waals surface area (Å²) in [6.07, 6.45) is -1.51. The first-order chi connectivity index (χ1) is 7.50. The lowest BCUT2D eigenvalue weighted by Crippen LogP contribution is -2.49. The molecule has 17 heavy (non-hydrogen) atoms. The molecule has 2 atom stereocenters. The van der Waals surface area contributed by atoms with Crippen LogP contribution in [0.2, 0.25) is 0 Å². The summed E-state index contributed by atoms with van der Waals surface area (Å²) in [7, 11) is 0. The van der Waals surface area contributed by atoms with Crippen molar-refractivity contribution in [2.24, 2.45) is 0 Å². The minimum Gasteiger partial charge on any atom is -0.444 e. The lowest BCUT2D eigenvalue weighted by molar-refractivity contribution is -0.0240. The Morgan fingerprint density at radius 3 is 2.29 bits per heavy atom. The molecule has 0 aliphatic carbocycles. The summed E-state index contributed by atoms with van der Waals surface area (Å²) in [5.74, 6) is 0. The Kier molecular flexibility index (Phi) is 3.72. The molecule has 5 heteroatoms. The highest BCUT2D eigenvalue weighted by molar-refractivity contribution is 5.69. The van der Waals surface area contributed by atoms with E-state index in [-0.39, 0.29) is 13.0 Å². The first-order valence-electron chi connectivity index (χ1n) is 5.87. The molecule has 100 valence electrons. The molecule has 0 aromatic rings. The van der Waals surface area contributed by atoms with Gasteiger partial charge >= 0.3 is 6.09 Å². The van der Waals surface area contributed by atoms with E-state index in [2.05, 4.69) is 0 Å². The topological polar surface area (TPSA) is 49.8 Å². The summed E-state index contributed by atoms with van der Waals surface area (Å²) in [6, 6.07) is -0.535.